The van der Waals surface area contributed by atoms with Crippen LogP contribution in [0.4, 0.5) is 0 Å². The molecule has 0 bridgehead atoms. The molecule has 35 heavy (non-hydrogen) atoms. The molecular formula is C32H64O2Si. The Bertz CT molecular complexity index is 349. The van der Waals surface area contributed by atoms with Crippen molar-refractivity contribution in [1.29, 1.82) is 0 Å². The Hall–Kier alpha value is 0.137. The predicted molar refractivity (Wildman–Crippen MR) is 157 cm³/mol. The third kappa shape index (κ3) is 15.2. The molecule has 4 aliphatic rings. The Morgan fingerprint density at radius 3 is 0.743 bits per heavy atom. The van der Waals surface area contributed by atoms with E-state index in [1.165, 1.54) is 103 Å². The van der Waals surface area contributed by atoms with Gasteiger partial charge in [0.1, 0.15) is 0 Å². The van der Waals surface area contributed by atoms with Gasteiger partial charge in [-0.2, -0.15) is 0 Å². The molecule has 0 amide bonds. The molecule has 0 radical (unpaired) electrons. The summed E-state index contributed by atoms with van der Waals surface area (Å²) in [6, 6.07) is 0. The van der Waals surface area contributed by atoms with Gasteiger partial charge in [-0.05, 0) is 37.5 Å². The third-order valence-corrected chi connectivity index (χ3v) is 10.7. The standard InChI is InChI=1S/2C14H26.C4H12O2Si/c2*1-2-6-10-13(9-5-1)14-11-7-3-4-8-12-14;1-3-5-7-6-4-2/h2*13-14H,1-12H2;3-4,7H2,1-2H3. The molecule has 0 unspecified atom stereocenters. The van der Waals surface area contributed by atoms with Crippen molar-refractivity contribution in [2.75, 3.05) is 13.2 Å². The van der Waals surface area contributed by atoms with Crippen molar-refractivity contribution >= 4 is 10.0 Å². The van der Waals surface area contributed by atoms with Crippen LogP contribution in [0, 0.1) is 23.7 Å². The molecule has 0 spiro atoms. The average molecular weight is 509 g/mol. The molecule has 0 aliphatic heterocycles. The fraction of sp³-hybridized carbons (Fsp3) is 1.00. The molecular weight excluding hydrogens is 444 g/mol. The molecule has 0 N–H and O–H groups in total. The SMILES string of the molecule is C1CCCC(C2CCCCCC2)CC1.C1CCCC(C2CCCCCC2)CC1.CCO[SiH2]OCC. The van der Waals surface area contributed by atoms with Crippen LogP contribution >= 0.6 is 0 Å². The lowest BCUT2D eigenvalue weighted by molar-refractivity contribution is 0.240. The molecule has 0 aromatic rings. The second-order valence-electron chi connectivity index (χ2n) is 12.1. The number of hydrogen-bond acceptors (Lipinski definition) is 2. The van der Waals surface area contributed by atoms with Crippen molar-refractivity contribution in [3.05, 3.63) is 0 Å². The zero-order valence-corrected chi connectivity index (χ0v) is 25.6. The molecule has 0 aromatic heterocycles. The summed E-state index contributed by atoms with van der Waals surface area (Å²) in [5.41, 5.74) is 0. The van der Waals surface area contributed by atoms with Crippen molar-refractivity contribution in [2.24, 2.45) is 23.7 Å². The first-order valence-corrected chi connectivity index (χ1v) is 17.7. The van der Waals surface area contributed by atoms with Gasteiger partial charge >= 0.3 is 10.0 Å². The maximum atomic E-state index is 4.99. The molecule has 4 fully saturated rings. The molecule has 0 aromatic carbocycles. The van der Waals surface area contributed by atoms with Gasteiger partial charge in [-0.1, -0.05) is 154 Å². The van der Waals surface area contributed by atoms with Crippen molar-refractivity contribution in [3.8, 4) is 0 Å². The third-order valence-electron chi connectivity index (χ3n) is 9.51. The lowest BCUT2D eigenvalue weighted by Crippen LogP contribution is -2.13. The Kier molecular flexibility index (Phi) is 19.8. The molecule has 3 heteroatoms. The fourth-order valence-electron chi connectivity index (χ4n) is 7.35. The second-order valence-corrected chi connectivity index (χ2v) is 13.2. The summed E-state index contributed by atoms with van der Waals surface area (Å²) in [6.07, 6.45) is 36.8. The van der Waals surface area contributed by atoms with Crippen LogP contribution in [0.2, 0.25) is 0 Å². The minimum absolute atomic E-state index is 0.589. The van der Waals surface area contributed by atoms with E-state index in [0.717, 1.165) is 36.9 Å². The Morgan fingerprint density at radius 1 is 0.371 bits per heavy atom. The maximum absolute atomic E-state index is 4.99. The molecule has 0 saturated heterocycles. The first-order valence-electron chi connectivity index (χ1n) is 16.5. The summed E-state index contributed by atoms with van der Waals surface area (Å²) in [6.45, 7) is 5.55. The zero-order valence-electron chi connectivity index (χ0n) is 24.2. The molecule has 4 aliphatic carbocycles. The van der Waals surface area contributed by atoms with Gasteiger partial charge in [0.25, 0.3) is 0 Å². The minimum atomic E-state index is -0.589. The van der Waals surface area contributed by atoms with Crippen molar-refractivity contribution in [2.45, 2.75) is 168 Å². The number of hydrogen-bond donors (Lipinski definition) is 0. The van der Waals surface area contributed by atoms with Crippen LogP contribution in [0.25, 0.3) is 0 Å². The van der Waals surface area contributed by atoms with Crippen LogP contribution in [-0.4, -0.2) is 23.2 Å². The van der Waals surface area contributed by atoms with E-state index in [-0.39, 0.29) is 0 Å². The highest BCUT2D eigenvalue weighted by molar-refractivity contribution is 6.17. The smallest absolute Gasteiger partial charge is 0.304 e. The zero-order chi connectivity index (χ0) is 24.8. The van der Waals surface area contributed by atoms with E-state index in [9.17, 15) is 0 Å². The lowest BCUT2D eigenvalue weighted by Gasteiger charge is -2.24. The molecule has 208 valence electrons. The Balaban J connectivity index is 0.000000197. The van der Waals surface area contributed by atoms with Crippen LogP contribution in [-0.2, 0) is 8.85 Å². The van der Waals surface area contributed by atoms with E-state index in [2.05, 4.69) is 0 Å². The van der Waals surface area contributed by atoms with Gasteiger partial charge in [0.05, 0.1) is 0 Å². The highest BCUT2D eigenvalue weighted by Gasteiger charge is 2.24. The molecule has 4 saturated carbocycles. The average Bonchev–Trinajstić information content (AvgIpc) is 3.49. The highest BCUT2D eigenvalue weighted by Crippen LogP contribution is 2.37. The summed E-state index contributed by atoms with van der Waals surface area (Å²) in [4.78, 5) is 0. The summed E-state index contributed by atoms with van der Waals surface area (Å²) in [5.74, 6) is 4.48. The topological polar surface area (TPSA) is 18.5 Å². The van der Waals surface area contributed by atoms with Crippen molar-refractivity contribution < 1.29 is 8.85 Å². The normalized spacial score (nSPS) is 24.5. The van der Waals surface area contributed by atoms with Crippen LogP contribution in [0.1, 0.15) is 168 Å². The molecule has 0 atom stereocenters. The number of rotatable bonds is 6. The van der Waals surface area contributed by atoms with Gasteiger partial charge in [-0.25, -0.2) is 0 Å². The minimum Gasteiger partial charge on any atom is -0.399 e. The summed E-state index contributed by atoms with van der Waals surface area (Å²) in [7, 11) is -0.589. The molecule has 4 rings (SSSR count). The van der Waals surface area contributed by atoms with Gasteiger partial charge in [0.15, 0.2) is 0 Å². The van der Waals surface area contributed by atoms with Gasteiger partial charge in [-0.3, -0.25) is 0 Å². The second kappa shape index (κ2) is 22.2. The monoisotopic (exact) mass is 508 g/mol. The van der Waals surface area contributed by atoms with Crippen LogP contribution < -0.4 is 0 Å². The summed E-state index contributed by atoms with van der Waals surface area (Å²) < 4.78 is 9.98. The Labute approximate surface area is 223 Å². The Morgan fingerprint density at radius 2 is 0.571 bits per heavy atom. The van der Waals surface area contributed by atoms with E-state index in [4.69, 9.17) is 8.85 Å². The van der Waals surface area contributed by atoms with E-state index < -0.39 is 10.0 Å². The van der Waals surface area contributed by atoms with Crippen LogP contribution in [0.3, 0.4) is 0 Å². The van der Waals surface area contributed by atoms with E-state index in [1.807, 2.05) is 13.8 Å². The van der Waals surface area contributed by atoms with E-state index >= 15 is 0 Å². The summed E-state index contributed by atoms with van der Waals surface area (Å²) in [5, 5.41) is 0. The van der Waals surface area contributed by atoms with Crippen LogP contribution in [0.15, 0.2) is 0 Å². The van der Waals surface area contributed by atoms with E-state index in [0.29, 0.717) is 0 Å². The predicted octanol–water partition coefficient (Wildman–Crippen LogP) is 9.91. The van der Waals surface area contributed by atoms with Gasteiger partial charge < -0.3 is 8.85 Å². The van der Waals surface area contributed by atoms with Gasteiger partial charge in [-0.15, -0.1) is 0 Å². The maximum Gasteiger partial charge on any atom is 0.304 e. The fourth-order valence-corrected chi connectivity index (χ4v) is 7.81. The molecule has 0 heterocycles. The largest absolute Gasteiger partial charge is 0.399 e. The van der Waals surface area contributed by atoms with Crippen molar-refractivity contribution in [1.82, 2.24) is 0 Å². The summed E-state index contributed by atoms with van der Waals surface area (Å²) >= 11 is 0. The lowest BCUT2D eigenvalue weighted by atomic mass is 9.81. The van der Waals surface area contributed by atoms with E-state index in [1.54, 1.807) is 51.4 Å². The highest BCUT2D eigenvalue weighted by atomic mass is 28.3. The van der Waals surface area contributed by atoms with Crippen LogP contribution in [0.5, 0.6) is 0 Å². The van der Waals surface area contributed by atoms with Crippen molar-refractivity contribution in [3.63, 3.8) is 0 Å². The van der Waals surface area contributed by atoms with Gasteiger partial charge in [0, 0.05) is 13.2 Å². The first-order chi connectivity index (χ1) is 17.3. The molecule has 2 nitrogen and oxygen atoms in total. The quantitative estimate of drug-likeness (QED) is 0.202. The first kappa shape index (κ1) is 31.4. The van der Waals surface area contributed by atoms with Gasteiger partial charge in [0.2, 0.25) is 0 Å².